The molecule has 6 heteroatoms. The molecule has 2 aliphatic rings. The maximum atomic E-state index is 14.8. The second-order valence-electron chi connectivity index (χ2n) is 8.39. The normalized spacial score (nSPS) is 15.4. The number of Topliss-reactive ketones (excluding diaryl/α,β-unsaturated/α-hetero) is 1. The fraction of sp³-hybridized carbons (Fsp3) is 0.231. The van der Waals surface area contributed by atoms with Gasteiger partial charge in [0.15, 0.2) is 11.5 Å². The lowest BCUT2D eigenvalue weighted by atomic mass is 9.86. The van der Waals surface area contributed by atoms with Crippen LogP contribution in [0.3, 0.4) is 0 Å². The molecule has 162 valence electrons. The monoisotopic (exact) mass is 432 g/mol. The van der Waals surface area contributed by atoms with Crippen molar-refractivity contribution in [1.82, 2.24) is 0 Å². The molecule has 3 aromatic carbocycles. The first-order valence-corrected chi connectivity index (χ1v) is 10.4. The summed E-state index contributed by atoms with van der Waals surface area (Å²) in [6.45, 7) is 1.94. The summed E-state index contributed by atoms with van der Waals surface area (Å²) in [5.74, 6) is -0.209. The summed E-state index contributed by atoms with van der Waals surface area (Å²) in [6, 6.07) is 15.1. The smallest absolute Gasteiger partial charge is 0.335 e. The van der Waals surface area contributed by atoms with Gasteiger partial charge in [-0.25, -0.2) is 9.18 Å². The number of ketones is 1. The van der Waals surface area contributed by atoms with E-state index in [0.717, 1.165) is 5.56 Å². The zero-order chi connectivity index (χ0) is 22.5. The fourth-order valence-corrected chi connectivity index (χ4v) is 4.37. The molecule has 1 aliphatic carbocycles. The topological polar surface area (TPSA) is 72.8 Å². The van der Waals surface area contributed by atoms with Gasteiger partial charge in [-0.1, -0.05) is 18.2 Å². The lowest BCUT2D eigenvalue weighted by Crippen LogP contribution is -2.23. The van der Waals surface area contributed by atoms with Crippen molar-refractivity contribution in [3.05, 3.63) is 82.7 Å². The lowest BCUT2D eigenvalue weighted by Gasteiger charge is -2.17. The van der Waals surface area contributed by atoms with Crippen LogP contribution >= 0.6 is 0 Å². The summed E-state index contributed by atoms with van der Waals surface area (Å²) in [5.41, 5.74) is 2.78. The van der Waals surface area contributed by atoms with E-state index in [2.05, 4.69) is 0 Å². The van der Waals surface area contributed by atoms with Gasteiger partial charge < -0.3 is 14.6 Å². The number of hydrogen-bond donors (Lipinski definition) is 1. The molecule has 1 aliphatic heterocycles. The van der Waals surface area contributed by atoms with Crippen molar-refractivity contribution in [1.29, 1.82) is 0 Å². The zero-order valence-electron chi connectivity index (χ0n) is 17.5. The quantitative estimate of drug-likeness (QED) is 0.589. The van der Waals surface area contributed by atoms with E-state index < -0.39 is 17.2 Å². The van der Waals surface area contributed by atoms with Gasteiger partial charge in [-0.2, -0.15) is 0 Å². The summed E-state index contributed by atoms with van der Waals surface area (Å²) < 4.78 is 25.6. The van der Waals surface area contributed by atoms with Gasteiger partial charge in [0, 0.05) is 6.42 Å². The molecule has 0 atom stereocenters. The number of carbonyl (C=O) groups is 2. The molecular weight excluding hydrogens is 411 g/mol. The first-order valence-electron chi connectivity index (χ1n) is 10.4. The van der Waals surface area contributed by atoms with E-state index in [1.807, 2.05) is 18.2 Å². The summed E-state index contributed by atoms with van der Waals surface area (Å²) in [7, 11) is 0. The van der Waals surface area contributed by atoms with Crippen molar-refractivity contribution < 1.29 is 28.6 Å². The predicted octanol–water partition coefficient (Wildman–Crippen LogP) is 5.07. The summed E-state index contributed by atoms with van der Waals surface area (Å²) >= 11 is 0. The second-order valence-corrected chi connectivity index (χ2v) is 8.39. The van der Waals surface area contributed by atoms with Gasteiger partial charge in [-0.05, 0) is 84.0 Å². The van der Waals surface area contributed by atoms with E-state index in [9.17, 15) is 19.1 Å². The number of halogens is 1. The minimum atomic E-state index is -1.03. The van der Waals surface area contributed by atoms with Gasteiger partial charge >= 0.3 is 5.97 Å². The van der Waals surface area contributed by atoms with Crippen molar-refractivity contribution >= 4 is 11.8 Å². The first-order chi connectivity index (χ1) is 15.4. The van der Waals surface area contributed by atoms with Gasteiger partial charge in [0.05, 0.1) is 11.0 Å². The molecule has 5 nitrogen and oxygen atoms in total. The van der Waals surface area contributed by atoms with E-state index in [0.29, 0.717) is 46.6 Å². The van der Waals surface area contributed by atoms with Gasteiger partial charge in [0.2, 0.25) is 6.79 Å². The molecule has 0 spiro atoms. The Morgan fingerprint density at radius 2 is 1.81 bits per heavy atom. The zero-order valence-corrected chi connectivity index (χ0v) is 17.5. The molecule has 32 heavy (non-hydrogen) atoms. The predicted molar refractivity (Wildman–Crippen MR) is 116 cm³/mol. The van der Waals surface area contributed by atoms with Crippen LogP contribution in [0.4, 0.5) is 4.39 Å². The van der Waals surface area contributed by atoms with Crippen molar-refractivity contribution in [2.45, 2.75) is 31.6 Å². The standard InChI is InChI=1S/C26H21FO5/c1-15-9-21(27)18(11-20(15)16-3-2-4-17(10-16)25(29)30)12-24(28)26(7-8-26)19-5-6-22-23(13-19)32-14-31-22/h2-6,9-11,13H,7-8,12,14H2,1H3,(H,29,30). The second kappa shape index (κ2) is 7.48. The molecule has 0 saturated heterocycles. The van der Waals surface area contributed by atoms with Crippen LogP contribution in [0.5, 0.6) is 11.5 Å². The SMILES string of the molecule is Cc1cc(F)c(CC(=O)C2(c3ccc4c(c3)OCO4)CC2)cc1-c1cccc(C(=O)O)c1. The Balaban J connectivity index is 1.46. The number of benzene rings is 3. The summed E-state index contributed by atoms with van der Waals surface area (Å²) in [6.07, 6.45) is 1.39. The molecule has 0 radical (unpaired) electrons. The Morgan fingerprint density at radius 3 is 2.56 bits per heavy atom. The maximum absolute atomic E-state index is 14.8. The Bertz CT molecular complexity index is 1260. The number of carboxylic acid groups (broad SMARTS) is 1. The van der Waals surface area contributed by atoms with E-state index >= 15 is 0 Å². The molecule has 0 unspecified atom stereocenters. The number of aromatic carboxylic acids is 1. The van der Waals surface area contributed by atoms with Crippen molar-refractivity contribution in [3.63, 3.8) is 0 Å². The van der Waals surface area contributed by atoms with Crippen LogP contribution in [0.2, 0.25) is 0 Å². The first kappa shape index (κ1) is 20.2. The van der Waals surface area contributed by atoms with Gasteiger partial charge in [-0.3, -0.25) is 4.79 Å². The minimum absolute atomic E-state index is 0.0355. The molecule has 1 fully saturated rings. The molecule has 0 bridgehead atoms. The summed E-state index contributed by atoms with van der Waals surface area (Å²) in [5, 5.41) is 9.28. The third-order valence-corrected chi connectivity index (χ3v) is 6.37. The van der Waals surface area contributed by atoms with E-state index in [4.69, 9.17) is 9.47 Å². The largest absolute Gasteiger partial charge is 0.478 e. The highest BCUT2D eigenvalue weighted by Crippen LogP contribution is 2.51. The summed E-state index contributed by atoms with van der Waals surface area (Å²) in [4.78, 5) is 24.6. The van der Waals surface area contributed by atoms with Crippen molar-refractivity contribution in [2.75, 3.05) is 6.79 Å². The highest BCUT2D eigenvalue weighted by atomic mass is 19.1. The third-order valence-electron chi connectivity index (χ3n) is 6.37. The molecule has 1 saturated carbocycles. The minimum Gasteiger partial charge on any atom is -0.478 e. The van der Waals surface area contributed by atoms with Gasteiger partial charge in [-0.15, -0.1) is 0 Å². The molecular formula is C26H21FO5. The molecule has 3 aromatic rings. The number of carboxylic acids is 1. The van der Waals surface area contributed by atoms with Crippen LogP contribution in [-0.4, -0.2) is 23.7 Å². The number of hydrogen-bond acceptors (Lipinski definition) is 4. The average molecular weight is 432 g/mol. The third kappa shape index (κ3) is 3.42. The molecule has 1 N–H and O–H groups in total. The fourth-order valence-electron chi connectivity index (χ4n) is 4.37. The maximum Gasteiger partial charge on any atom is 0.335 e. The van der Waals surface area contributed by atoms with Crippen molar-refractivity contribution in [2.24, 2.45) is 0 Å². The highest BCUT2D eigenvalue weighted by Gasteiger charge is 2.51. The Hall–Kier alpha value is -3.67. The Labute approximate surface area is 184 Å². The highest BCUT2D eigenvalue weighted by molar-refractivity contribution is 5.95. The molecule has 0 aromatic heterocycles. The molecule has 1 heterocycles. The number of aryl methyl sites for hydroxylation is 1. The van der Waals surface area contributed by atoms with Crippen LogP contribution in [0.15, 0.2) is 54.6 Å². The number of fused-ring (bicyclic) bond motifs is 1. The van der Waals surface area contributed by atoms with E-state index in [1.54, 1.807) is 31.2 Å². The number of ether oxygens (including phenoxy) is 2. The van der Waals surface area contributed by atoms with Crippen LogP contribution in [0.1, 0.15) is 39.9 Å². The average Bonchev–Trinajstić information content (AvgIpc) is 3.46. The van der Waals surface area contributed by atoms with E-state index in [-0.39, 0.29) is 24.6 Å². The number of carbonyl (C=O) groups excluding carboxylic acids is 1. The molecule has 5 rings (SSSR count). The lowest BCUT2D eigenvalue weighted by molar-refractivity contribution is -0.120. The van der Waals surface area contributed by atoms with Crippen LogP contribution in [-0.2, 0) is 16.6 Å². The Morgan fingerprint density at radius 1 is 1.03 bits per heavy atom. The number of rotatable bonds is 6. The van der Waals surface area contributed by atoms with Crippen LogP contribution < -0.4 is 9.47 Å². The van der Waals surface area contributed by atoms with Crippen LogP contribution in [0, 0.1) is 12.7 Å². The van der Waals surface area contributed by atoms with Crippen molar-refractivity contribution in [3.8, 4) is 22.6 Å². The van der Waals surface area contributed by atoms with Gasteiger partial charge in [0.1, 0.15) is 11.6 Å². The Kier molecular flexibility index (Phi) is 4.73. The van der Waals surface area contributed by atoms with E-state index in [1.165, 1.54) is 12.1 Å². The van der Waals surface area contributed by atoms with Crippen LogP contribution in [0.25, 0.3) is 11.1 Å². The van der Waals surface area contributed by atoms with Gasteiger partial charge in [0.25, 0.3) is 0 Å². The molecule has 0 amide bonds.